The fourth-order valence-electron chi connectivity index (χ4n) is 1.72. The van der Waals surface area contributed by atoms with Crippen LogP contribution in [-0.2, 0) is 6.61 Å². The van der Waals surface area contributed by atoms with Crippen molar-refractivity contribution in [3.05, 3.63) is 53.3 Å². The summed E-state index contributed by atoms with van der Waals surface area (Å²) in [7, 11) is 1.44. The highest BCUT2D eigenvalue weighted by molar-refractivity contribution is 5.49. The zero-order chi connectivity index (χ0) is 13.8. The van der Waals surface area contributed by atoms with Crippen LogP contribution < -0.4 is 15.2 Å². The Bertz CT molecular complexity index is 584. The second kappa shape index (κ2) is 5.61. The Morgan fingerprint density at radius 3 is 2.68 bits per heavy atom. The fraction of sp³-hybridized carbons (Fsp3) is 0.200. The van der Waals surface area contributed by atoms with Crippen molar-refractivity contribution in [2.75, 3.05) is 12.8 Å². The summed E-state index contributed by atoms with van der Waals surface area (Å²) in [5, 5.41) is 0. The van der Waals surface area contributed by atoms with Gasteiger partial charge in [0, 0.05) is 11.3 Å². The number of halogens is 1. The van der Waals surface area contributed by atoms with Crippen molar-refractivity contribution in [1.29, 1.82) is 0 Å². The van der Waals surface area contributed by atoms with E-state index >= 15 is 0 Å². The molecule has 0 aliphatic heterocycles. The lowest BCUT2D eigenvalue weighted by Gasteiger charge is -2.10. The van der Waals surface area contributed by atoms with E-state index in [-0.39, 0.29) is 12.4 Å². The van der Waals surface area contributed by atoms with Crippen molar-refractivity contribution < 1.29 is 13.9 Å². The van der Waals surface area contributed by atoms with Crippen molar-refractivity contribution in [2.45, 2.75) is 13.5 Å². The zero-order valence-corrected chi connectivity index (χ0v) is 10.9. The molecule has 3 nitrogen and oxygen atoms in total. The first-order valence-corrected chi connectivity index (χ1v) is 5.92. The van der Waals surface area contributed by atoms with Gasteiger partial charge in [0.1, 0.15) is 12.4 Å². The SMILES string of the molecule is COc1cccc(COc2ccc(N)c(C)c2)c1F. The molecule has 0 radical (unpaired) electrons. The van der Waals surface area contributed by atoms with Crippen LogP contribution in [0.4, 0.5) is 10.1 Å². The summed E-state index contributed by atoms with van der Waals surface area (Å²) in [6.07, 6.45) is 0. The number of hydrogen-bond acceptors (Lipinski definition) is 3. The van der Waals surface area contributed by atoms with Crippen LogP contribution in [0, 0.1) is 12.7 Å². The summed E-state index contributed by atoms with van der Waals surface area (Å²) >= 11 is 0. The molecule has 0 atom stereocenters. The van der Waals surface area contributed by atoms with E-state index in [1.54, 1.807) is 30.3 Å². The van der Waals surface area contributed by atoms with Crippen LogP contribution in [0.15, 0.2) is 36.4 Å². The molecule has 2 rings (SSSR count). The number of hydrogen-bond donors (Lipinski definition) is 1. The van der Waals surface area contributed by atoms with E-state index in [4.69, 9.17) is 15.2 Å². The number of nitrogen functional groups attached to an aromatic ring is 1. The molecule has 19 heavy (non-hydrogen) atoms. The summed E-state index contributed by atoms with van der Waals surface area (Å²) in [4.78, 5) is 0. The van der Waals surface area contributed by atoms with Gasteiger partial charge >= 0.3 is 0 Å². The van der Waals surface area contributed by atoms with Crippen LogP contribution in [0.25, 0.3) is 0 Å². The number of nitrogens with two attached hydrogens (primary N) is 1. The number of rotatable bonds is 4. The lowest BCUT2D eigenvalue weighted by atomic mass is 10.2. The van der Waals surface area contributed by atoms with Crippen molar-refractivity contribution in [3.8, 4) is 11.5 Å². The molecule has 0 aliphatic rings. The van der Waals surface area contributed by atoms with Crippen LogP contribution in [0.5, 0.6) is 11.5 Å². The molecule has 2 aromatic carbocycles. The molecule has 0 bridgehead atoms. The van der Waals surface area contributed by atoms with E-state index in [0.717, 1.165) is 5.56 Å². The summed E-state index contributed by atoms with van der Waals surface area (Å²) in [6, 6.07) is 10.3. The molecule has 0 fully saturated rings. The maximum atomic E-state index is 13.9. The van der Waals surface area contributed by atoms with Gasteiger partial charge in [-0.2, -0.15) is 0 Å². The Labute approximate surface area is 111 Å². The normalized spacial score (nSPS) is 10.3. The largest absolute Gasteiger partial charge is 0.494 e. The van der Waals surface area contributed by atoms with Crippen LogP contribution in [0.2, 0.25) is 0 Å². The maximum Gasteiger partial charge on any atom is 0.171 e. The van der Waals surface area contributed by atoms with Crippen LogP contribution >= 0.6 is 0 Å². The highest BCUT2D eigenvalue weighted by atomic mass is 19.1. The lowest BCUT2D eigenvalue weighted by Crippen LogP contribution is -2.01. The summed E-state index contributed by atoms with van der Waals surface area (Å²) < 4.78 is 24.4. The second-order valence-electron chi connectivity index (χ2n) is 4.24. The van der Waals surface area contributed by atoms with Gasteiger partial charge < -0.3 is 15.2 Å². The quantitative estimate of drug-likeness (QED) is 0.859. The van der Waals surface area contributed by atoms with Crippen LogP contribution in [0.1, 0.15) is 11.1 Å². The molecule has 100 valence electrons. The van der Waals surface area contributed by atoms with Crippen molar-refractivity contribution in [1.82, 2.24) is 0 Å². The molecule has 2 N–H and O–H groups in total. The van der Waals surface area contributed by atoms with Gasteiger partial charge in [-0.25, -0.2) is 4.39 Å². The average molecular weight is 261 g/mol. The third-order valence-electron chi connectivity index (χ3n) is 2.90. The van der Waals surface area contributed by atoms with E-state index in [9.17, 15) is 4.39 Å². The summed E-state index contributed by atoms with van der Waals surface area (Å²) in [5.41, 5.74) is 7.82. The van der Waals surface area contributed by atoms with E-state index in [2.05, 4.69) is 0 Å². The lowest BCUT2D eigenvalue weighted by molar-refractivity contribution is 0.295. The fourth-order valence-corrected chi connectivity index (χ4v) is 1.72. The smallest absolute Gasteiger partial charge is 0.171 e. The third kappa shape index (κ3) is 2.96. The number of benzene rings is 2. The monoisotopic (exact) mass is 261 g/mol. The van der Waals surface area contributed by atoms with Gasteiger partial charge in [0.25, 0.3) is 0 Å². The number of aryl methyl sites for hydroxylation is 1. The van der Waals surface area contributed by atoms with Gasteiger partial charge in [0.05, 0.1) is 7.11 Å². The minimum absolute atomic E-state index is 0.145. The van der Waals surface area contributed by atoms with Crippen molar-refractivity contribution >= 4 is 5.69 Å². The second-order valence-corrected chi connectivity index (χ2v) is 4.24. The highest BCUT2D eigenvalue weighted by Gasteiger charge is 2.09. The third-order valence-corrected chi connectivity index (χ3v) is 2.90. The van der Waals surface area contributed by atoms with Crippen LogP contribution in [0.3, 0.4) is 0 Å². The Morgan fingerprint density at radius 1 is 1.21 bits per heavy atom. The van der Waals surface area contributed by atoms with Crippen molar-refractivity contribution in [2.24, 2.45) is 0 Å². The van der Waals surface area contributed by atoms with Crippen molar-refractivity contribution in [3.63, 3.8) is 0 Å². The molecule has 0 aromatic heterocycles. The molecule has 4 heteroatoms. The molecule has 2 aromatic rings. The minimum Gasteiger partial charge on any atom is -0.494 e. The Balaban J connectivity index is 2.12. The van der Waals surface area contributed by atoms with Gasteiger partial charge in [0.15, 0.2) is 11.6 Å². The van der Waals surface area contributed by atoms with Crippen LogP contribution in [-0.4, -0.2) is 7.11 Å². The molecule has 0 heterocycles. The molecule has 0 unspecified atom stereocenters. The Morgan fingerprint density at radius 2 is 2.00 bits per heavy atom. The number of methoxy groups -OCH3 is 1. The zero-order valence-electron chi connectivity index (χ0n) is 10.9. The maximum absolute atomic E-state index is 13.9. The number of anilines is 1. The van der Waals surface area contributed by atoms with Gasteiger partial charge in [-0.05, 0) is 36.8 Å². The van der Waals surface area contributed by atoms with Gasteiger partial charge in [0.2, 0.25) is 0 Å². The first kappa shape index (κ1) is 13.2. The average Bonchev–Trinajstić information content (AvgIpc) is 2.41. The standard InChI is InChI=1S/C15H16FNO2/c1-10-8-12(6-7-13(10)17)19-9-11-4-3-5-14(18-2)15(11)16/h3-8H,9,17H2,1-2H3. The molecule has 0 saturated heterocycles. The Hall–Kier alpha value is -2.23. The highest BCUT2D eigenvalue weighted by Crippen LogP contribution is 2.23. The summed E-state index contributed by atoms with van der Waals surface area (Å²) in [6.45, 7) is 2.04. The van der Waals surface area contributed by atoms with E-state index in [0.29, 0.717) is 17.0 Å². The van der Waals surface area contributed by atoms with Gasteiger partial charge in [-0.3, -0.25) is 0 Å². The summed E-state index contributed by atoms with van der Waals surface area (Å²) in [5.74, 6) is 0.487. The first-order chi connectivity index (χ1) is 9.11. The molecule has 0 saturated carbocycles. The molecule has 0 aliphatic carbocycles. The molecular weight excluding hydrogens is 245 g/mol. The molecule has 0 amide bonds. The van der Waals surface area contributed by atoms with Gasteiger partial charge in [-0.1, -0.05) is 12.1 Å². The minimum atomic E-state index is -0.392. The topological polar surface area (TPSA) is 44.5 Å². The molecule has 0 spiro atoms. The van der Waals surface area contributed by atoms with E-state index in [1.807, 2.05) is 13.0 Å². The predicted octanol–water partition coefficient (Wildman–Crippen LogP) is 3.30. The van der Waals surface area contributed by atoms with Gasteiger partial charge in [-0.15, -0.1) is 0 Å². The van der Waals surface area contributed by atoms with E-state index < -0.39 is 5.82 Å². The number of ether oxygens (including phenoxy) is 2. The first-order valence-electron chi connectivity index (χ1n) is 5.92. The molecular formula is C15H16FNO2. The van der Waals surface area contributed by atoms with E-state index in [1.165, 1.54) is 7.11 Å². The Kier molecular flexibility index (Phi) is 3.90. The predicted molar refractivity (Wildman–Crippen MR) is 72.9 cm³/mol.